The van der Waals surface area contributed by atoms with Gasteiger partial charge >= 0.3 is 51.2 Å². The Kier molecular flexibility index (Phi) is 24.7. The maximum Gasteiger partial charge on any atom is 2.00 e. The van der Waals surface area contributed by atoms with Gasteiger partial charge in [0, 0.05) is 0 Å². The SMILES string of the molecule is O=[Si](O)F.[H-].[H-].[H-].[Li+].[Mg+2]. The van der Waals surface area contributed by atoms with Gasteiger partial charge in [0.25, 0.3) is 0 Å². The van der Waals surface area contributed by atoms with Gasteiger partial charge in [-0.05, 0) is 0 Å². The average Bonchev–Trinajstić information content (AvgIpc) is 0.811. The van der Waals surface area contributed by atoms with Gasteiger partial charge in [-0.2, -0.15) is 4.11 Å². The molecule has 2 nitrogen and oxygen atoms in total. The van der Waals surface area contributed by atoms with Gasteiger partial charge in [0.15, 0.2) is 0 Å². The Hall–Kier alpha value is 1.11. The standard InChI is InChI=1S/FHO2Si.Li.Mg.3H/c1-4(2)3;;;;;/h2H;;;;;/q;+1;+2;3*-1. The molecular weight excluding hydrogens is 110 g/mol. The van der Waals surface area contributed by atoms with E-state index in [-0.39, 0.29) is 46.2 Å². The van der Waals surface area contributed by atoms with Crippen LogP contribution in [-0.2, 0) is 4.46 Å². The second-order valence-corrected chi connectivity index (χ2v) is 0.759. The summed E-state index contributed by atoms with van der Waals surface area (Å²) in [6, 6.07) is 0. The molecule has 0 aliphatic carbocycles. The first kappa shape index (κ1) is 15.7. The predicted molar refractivity (Wildman–Crippen MR) is 18.9 cm³/mol. The van der Waals surface area contributed by atoms with E-state index in [1.54, 1.807) is 0 Å². The minimum absolute atomic E-state index is 0. The van der Waals surface area contributed by atoms with Crippen molar-refractivity contribution in [3.05, 3.63) is 0 Å². The summed E-state index contributed by atoms with van der Waals surface area (Å²) >= 11 is 0. The van der Waals surface area contributed by atoms with Crippen LogP contribution < -0.4 is 18.9 Å². The minimum atomic E-state index is -3.63. The van der Waals surface area contributed by atoms with Crippen LogP contribution in [0.5, 0.6) is 0 Å². The first-order valence-electron chi connectivity index (χ1n) is 0.617. The van der Waals surface area contributed by atoms with Crippen molar-refractivity contribution in [3.8, 4) is 0 Å². The van der Waals surface area contributed by atoms with Crippen LogP contribution >= 0.6 is 0 Å². The molecule has 0 saturated heterocycles. The summed E-state index contributed by atoms with van der Waals surface area (Å²) in [6.45, 7) is 0. The van der Waals surface area contributed by atoms with Gasteiger partial charge in [-0.1, -0.05) is 0 Å². The quantitative estimate of drug-likeness (QED) is 0.260. The van der Waals surface area contributed by atoms with Crippen LogP contribution in [0.3, 0.4) is 0 Å². The molecule has 0 bridgehead atoms. The van der Waals surface area contributed by atoms with Crippen LogP contribution in [-0.4, -0.2) is 37.1 Å². The predicted octanol–water partition coefficient (Wildman–Crippen LogP) is -3.68. The first-order chi connectivity index (χ1) is 1.73. The van der Waals surface area contributed by atoms with Crippen LogP contribution in [0.4, 0.5) is 4.11 Å². The van der Waals surface area contributed by atoms with Gasteiger partial charge in [0.1, 0.15) is 0 Å². The van der Waals surface area contributed by atoms with E-state index in [1.807, 2.05) is 0 Å². The molecule has 0 aromatic heterocycles. The Balaban J connectivity index is -0.00000000450. The topological polar surface area (TPSA) is 37.3 Å². The largest absolute Gasteiger partial charge is 2.00 e. The molecule has 0 aromatic rings. The van der Waals surface area contributed by atoms with Gasteiger partial charge in [-0.25, -0.2) is 0 Å². The maximum absolute atomic E-state index is 10.1. The van der Waals surface area contributed by atoms with Gasteiger partial charge in [0.05, 0.1) is 0 Å². The fraction of sp³-hybridized carbons (Fsp3) is 0. The van der Waals surface area contributed by atoms with Gasteiger partial charge < -0.3 is 9.08 Å². The third-order valence-electron chi connectivity index (χ3n) is 0. The van der Waals surface area contributed by atoms with E-state index in [0.29, 0.717) is 0 Å². The maximum atomic E-state index is 10.1. The molecule has 0 unspecified atom stereocenters. The number of rotatable bonds is 0. The number of halogens is 1. The molecule has 6 heteroatoms. The third-order valence-corrected chi connectivity index (χ3v) is 0. The van der Waals surface area contributed by atoms with Crippen LogP contribution in [0.25, 0.3) is 0 Å². The van der Waals surface area contributed by atoms with E-state index < -0.39 is 9.26 Å². The van der Waals surface area contributed by atoms with Crippen LogP contribution in [0, 0.1) is 0 Å². The van der Waals surface area contributed by atoms with Crippen molar-refractivity contribution < 1.29 is 36.5 Å². The summed E-state index contributed by atoms with van der Waals surface area (Å²) in [5.74, 6) is 0. The monoisotopic (exact) mass is 114 g/mol. The Labute approximate surface area is 68.9 Å². The van der Waals surface area contributed by atoms with Crippen LogP contribution in [0.15, 0.2) is 0 Å². The van der Waals surface area contributed by atoms with E-state index in [4.69, 9.17) is 9.26 Å². The molecule has 0 aliphatic rings. The minimum Gasteiger partial charge on any atom is -1.00 e. The average molecular weight is 114 g/mol. The van der Waals surface area contributed by atoms with Crippen molar-refractivity contribution in [1.29, 1.82) is 0 Å². The van der Waals surface area contributed by atoms with E-state index >= 15 is 0 Å². The van der Waals surface area contributed by atoms with E-state index in [9.17, 15) is 4.11 Å². The smallest absolute Gasteiger partial charge is 1.00 e. The molecule has 0 aliphatic heterocycles. The summed E-state index contributed by atoms with van der Waals surface area (Å²) in [5, 5.41) is 0. The zero-order valence-electron chi connectivity index (χ0n) is 6.44. The third kappa shape index (κ3) is 70.0. The van der Waals surface area contributed by atoms with E-state index in [2.05, 4.69) is 0 Å². The Morgan fingerprint density at radius 1 is 1.83 bits per heavy atom. The van der Waals surface area contributed by atoms with Gasteiger partial charge in [-0.15, -0.1) is 0 Å². The molecule has 0 heterocycles. The van der Waals surface area contributed by atoms with E-state index in [0.717, 1.165) is 0 Å². The van der Waals surface area contributed by atoms with Crippen molar-refractivity contribution in [2.45, 2.75) is 0 Å². The summed E-state index contributed by atoms with van der Waals surface area (Å²) in [4.78, 5) is 6.94. The fourth-order valence-electron chi connectivity index (χ4n) is 0. The number of hydrogen-bond acceptors (Lipinski definition) is 1. The number of hydrogen-bond donors (Lipinski definition) is 1. The van der Waals surface area contributed by atoms with Crippen LogP contribution in [0.1, 0.15) is 4.28 Å². The zero-order chi connectivity index (χ0) is 3.58. The molecule has 0 spiro atoms. The molecule has 0 fully saturated rings. The molecule has 1 N–H and O–H groups in total. The molecule has 30 valence electrons. The zero-order valence-corrected chi connectivity index (χ0v) is 5.85. The summed E-state index contributed by atoms with van der Waals surface area (Å²) < 4.78 is 18.6. The molecule has 0 aromatic carbocycles. The van der Waals surface area contributed by atoms with E-state index in [1.165, 1.54) is 0 Å². The van der Waals surface area contributed by atoms with Gasteiger partial charge in [0.2, 0.25) is 0 Å². The molecule has 0 radical (unpaired) electrons. The summed E-state index contributed by atoms with van der Waals surface area (Å²) in [6.07, 6.45) is 0. The second kappa shape index (κ2) is 9.45. The molecular formula is H4FLiMgO2Si. The molecule has 6 heavy (non-hydrogen) atoms. The molecule has 0 rings (SSSR count). The first-order valence-corrected chi connectivity index (χ1v) is 1.85. The van der Waals surface area contributed by atoms with Crippen molar-refractivity contribution in [2.24, 2.45) is 0 Å². The fourth-order valence-corrected chi connectivity index (χ4v) is 0. The molecule has 0 saturated carbocycles. The van der Waals surface area contributed by atoms with Crippen molar-refractivity contribution >= 4 is 32.3 Å². The molecule has 0 amide bonds. The summed E-state index contributed by atoms with van der Waals surface area (Å²) in [7, 11) is -3.63. The van der Waals surface area contributed by atoms with Gasteiger partial charge in [-0.3, -0.25) is 4.46 Å². The van der Waals surface area contributed by atoms with Crippen molar-refractivity contribution in [3.63, 3.8) is 0 Å². The van der Waals surface area contributed by atoms with Crippen molar-refractivity contribution in [2.75, 3.05) is 0 Å². The Bertz CT molecular complexity index is 44.8. The summed E-state index contributed by atoms with van der Waals surface area (Å²) in [5.41, 5.74) is 0. The Morgan fingerprint density at radius 3 is 1.83 bits per heavy atom. The molecule has 0 atom stereocenters. The van der Waals surface area contributed by atoms with Crippen molar-refractivity contribution in [1.82, 2.24) is 0 Å². The Morgan fingerprint density at radius 2 is 1.83 bits per heavy atom. The van der Waals surface area contributed by atoms with Crippen LogP contribution in [0.2, 0.25) is 0 Å². The second-order valence-electron chi connectivity index (χ2n) is 0.253. The normalized spacial score (nSPS) is 4.17.